The Bertz CT molecular complexity index is 634. The molecule has 0 spiro atoms. The third-order valence-electron chi connectivity index (χ3n) is 4.37. The molecular weight excluding hydrogens is 258 g/mol. The summed E-state index contributed by atoms with van der Waals surface area (Å²) in [4.78, 5) is 0.377. The van der Waals surface area contributed by atoms with Gasteiger partial charge in [-0.15, -0.1) is 0 Å². The Hall–Kier alpha value is -1.13. The molecule has 3 unspecified atom stereocenters. The molecule has 19 heavy (non-hydrogen) atoms. The van der Waals surface area contributed by atoms with Crippen LogP contribution in [-0.2, 0) is 10.0 Å². The van der Waals surface area contributed by atoms with Crippen LogP contribution in [0.2, 0.25) is 0 Å². The molecular formula is C15H19NO2S. The van der Waals surface area contributed by atoms with Gasteiger partial charge < -0.3 is 0 Å². The van der Waals surface area contributed by atoms with Crippen molar-refractivity contribution in [3.05, 3.63) is 41.5 Å². The van der Waals surface area contributed by atoms with Crippen LogP contribution in [0.25, 0.3) is 0 Å². The molecule has 0 saturated heterocycles. The van der Waals surface area contributed by atoms with Gasteiger partial charge in [0.25, 0.3) is 0 Å². The number of aryl methyl sites for hydroxylation is 2. The highest BCUT2D eigenvalue weighted by Gasteiger charge is 2.37. The number of sulfonamides is 1. The van der Waals surface area contributed by atoms with Crippen molar-refractivity contribution in [2.75, 3.05) is 0 Å². The lowest BCUT2D eigenvalue weighted by atomic mass is 10.0. The zero-order valence-electron chi connectivity index (χ0n) is 11.3. The Labute approximate surface area is 114 Å². The van der Waals surface area contributed by atoms with Gasteiger partial charge in [-0.1, -0.05) is 18.2 Å². The lowest BCUT2D eigenvalue weighted by Gasteiger charge is -2.20. The zero-order valence-corrected chi connectivity index (χ0v) is 12.1. The van der Waals surface area contributed by atoms with Crippen LogP contribution < -0.4 is 4.72 Å². The smallest absolute Gasteiger partial charge is 0.207 e. The van der Waals surface area contributed by atoms with Crippen LogP contribution in [-0.4, -0.2) is 14.5 Å². The highest BCUT2D eigenvalue weighted by atomic mass is 32.2. The largest absolute Gasteiger partial charge is 0.240 e. The molecule has 3 nitrogen and oxygen atoms in total. The van der Waals surface area contributed by atoms with E-state index in [1.165, 1.54) is 0 Å². The minimum Gasteiger partial charge on any atom is -0.207 e. The molecule has 2 aliphatic rings. The molecule has 1 saturated carbocycles. The number of rotatable bonds is 3. The minimum absolute atomic E-state index is 0.0709. The Balaban J connectivity index is 1.83. The highest BCUT2D eigenvalue weighted by Crippen LogP contribution is 2.39. The SMILES string of the molecule is Cc1ccc(S(=O)(=O)NC2CC3C=CC2C3)cc1C. The summed E-state index contributed by atoms with van der Waals surface area (Å²) in [5, 5.41) is 0. The van der Waals surface area contributed by atoms with Crippen molar-refractivity contribution in [3.63, 3.8) is 0 Å². The normalized spacial score (nSPS) is 29.1. The molecule has 2 aliphatic carbocycles. The highest BCUT2D eigenvalue weighted by molar-refractivity contribution is 7.89. The van der Waals surface area contributed by atoms with Gasteiger partial charge in [0, 0.05) is 6.04 Å². The molecule has 1 aromatic carbocycles. The summed E-state index contributed by atoms with van der Waals surface area (Å²) >= 11 is 0. The molecule has 0 amide bonds. The lowest BCUT2D eigenvalue weighted by Crippen LogP contribution is -2.37. The van der Waals surface area contributed by atoms with E-state index in [0.717, 1.165) is 24.0 Å². The second-order valence-electron chi connectivity index (χ2n) is 5.75. The first kappa shape index (κ1) is 12.9. The van der Waals surface area contributed by atoms with Crippen molar-refractivity contribution in [2.45, 2.75) is 37.6 Å². The fraction of sp³-hybridized carbons (Fsp3) is 0.467. The fourth-order valence-corrected chi connectivity index (χ4v) is 4.45. The predicted octanol–water partition coefficient (Wildman–Crippen LogP) is 2.55. The first-order valence-corrected chi connectivity index (χ1v) is 8.22. The van der Waals surface area contributed by atoms with Crippen LogP contribution in [0, 0.1) is 25.7 Å². The van der Waals surface area contributed by atoms with E-state index in [0.29, 0.717) is 16.7 Å². The lowest BCUT2D eigenvalue weighted by molar-refractivity contribution is 0.503. The summed E-state index contributed by atoms with van der Waals surface area (Å²) in [5.41, 5.74) is 2.12. The number of hydrogen-bond donors (Lipinski definition) is 1. The van der Waals surface area contributed by atoms with E-state index in [4.69, 9.17) is 0 Å². The summed E-state index contributed by atoms with van der Waals surface area (Å²) in [6, 6.07) is 5.38. The molecule has 102 valence electrons. The molecule has 4 heteroatoms. The molecule has 1 aromatic rings. The van der Waals surface area contributed by atoms with Crippen molar-refractivity contribution in [1.29, 1.82) is 0 Å². The number of benzene rings is 1. The average molecular weight is 277 g/mol. The maximum absolute atomic E-state index is 12.4. The third-order valence-corrected chi connectivity index (χ3v) is 5.86. The quantitative estimate of drug-likeness (QED) is 0.863. The molecule has 2 bridgehead atoms. The van der Waals surface area contributed by atoms with Crippen molar-refractivity contribution in [2.24, 2.45) is 11.8 Å². The Morgan fingerprint density at radius 1 is 1.11 bits per heavy atom. The number of allylic oxidation sites excluding steroid dienone is 1. The summed E-state index contributed by atoms with van der Waals surface area (Å²) in [6.45, 7) is 3.93. The van der Waals surface area contributed by atoms with Crippen LogP contribution in [0.4, 0.5) is 0 Å². The maximum Gasteiger partial charge on any atom is 0.240 e. The van der Waals surface area contributed by atoms with Crippen LogP contribution in [0.15, 0.2) is 35.2 Å². The van der Waals surface area contributed by atoms with Gasteiger partial charge in [-0.05, 0) is 61.8 Å². The van der Waals surface area contributed by atoms with E-state index in [-0.39, 0.29) is 6.04 Å². The molecule has 1 fully saturated rings. The molecule has 0 heterocycles. The topological polar surface area (TPSA) is 46.2 Å². The monoisotopic (exact) mass is 277 g/mol. The van der Waals surface area contributed by atoms with Gasteiger partial charge in [-0.3, -0.25) is 0 Å². The van der Waals surface area contributed by atoms with Gasteiger partial charge in [0.1, 0.15) is 0 Å². The second kappa shape index (κ2) is 4.46. The van der Waals surface area contributed by atoms with Crippen molar-refractivity contribution in [1.82, 2.24) is 4.72 Å². The zero-order chi connectivity index (χ0) is 13.6. The van der Waals surface area contributed by atoms with Gasteiger partial charge in [-0.25, -0.2) is 13.1 Å². The number of hydrogen-bond acceptors (Lipinski definition) is 2. The van der Waals surface area contributed by atoms with E-state index in [1.54, 1.807) is 12.1 Å². The number of fused-ring (bicyclic) bond motifs is 2. The van der Waals surface area contributed by atoms with Crippen molar-refractivity contribution in [3.8, 4) is 0 Å². The second-order valence-corrected chi connectivity index (χ2v) is 7.47. The standard InChI is InChI=1S/C15H19NO2S/c1-10-3-6-14(7-11(10)2)19(17,18)16-15-9-12-4-5-13(15)8-12/h3-7,12-13,15-16H,8-9H2,1-2H3. The summed E-state index contributed by atoms with van der Waals surface area (Å²) in [7, 11) is -3.39. The van der Waals surface area contributed by atoms with E-state index in [2.05, 4.69) is 16.9 Å². The van der Waals surface area contributed by atoms with E-state index < -0.39 is 10.0 Å². The average Bonchev–Trinajstić information content (AvgIpc) is 2.94. The predicted molar refractivity (Wildman–Crippen MR) is 75.4 cm³/mol. The van der Waals surface area contributed by atoms with Gasteiger partial charge in [0.15, 0.2) is 0 Å². The Morgan fingerprint density at radius 3 is 2.47 bits per heavy atom. The van der Waals surface area contributed by atoms with Crippen LogP contribution in [0.1, 0.15) is 24.0 Å². The Kier molecular flexibility index (Phi) is 3.02. The van der Waals surface area contributed by atoms with Gasteiger partial charge in [-0.2, -0.15) is 0 Å². The fourth-order valence-electron chi connectivity index (χ4n) is 3.06. The molecule has 1 N–H and O–H groups in total. The summed E-state index contributed by atoms with van der Waals surface area (Å²) in [5.74, 6) is 0.948. The van der Waals surface area contributed by atoms with E-state index in [1.807, 2.05) is 19.9 Å². The molecule has 3 atom stereocenters. The van der Waals surface area contributed by atoms with Crippen molar-refractivity contribution >= 4 is 10.0 Å². The maximum atomic E-state index is 12.4. The Morgan fingerprint density at radius 2 is 1.89 bits per heavy atom. The molecule has 0 aliphatic heterocycles. The number of nitrogens with one attached hydrogen (secondary N) is 1. The van der Waals surface area contributed by atoms with Gasteiger partial charge >= 0.3 is 0 Å². The third kappa shape index (κ3) is 2.35. The summed E-state index contributed by atoms with van der Waals surface area (Å²) < 4.78 is 27.7. The first-order valence-electron chi connectivity index (χ1n) is 6.73. The van der Waals surface area contributed by atoms with Gasteiger partial charge in [0.2, 0.25) is 10.0 Å². The summed E-state index contributed by atoms with van der Waals surface area (Å²) in [6.07, 6.45) is 6.40. The minimum atomic E-state index is -3.39. The first-order chi connectivity index (χ1) is 8.95. The van der Waals surface area contributed by atoms with E-state index >= 15 is 0 Å². The van der Waals surface area contributed by atoms with Crippen LogP contribution in [0.5, 0.6) is 0 Å². The van der Waals surface area contributed by atoms with Crippen LogP contribution in [0.3, 0.4) is 0 Å². The van der Waals surface area contributed by atoms with Gasteiger partial charge in [0.05, 0.1) is 4.90 Å². The molecule has 0 radical (unpaired) electrons. The van der Waals surface area contributed by atoms with Crippen LogP contribution >= 0.6 is 0 Å². The van der Waals surface area contributed by atoms with E-state index in [9.17, 15) is 8.42 Å². The molecule has 0 aromatic heterocycles. The van der Waals surface area contributed by atoms with Crippen molar-refractivity contribution < 1.29 is 8.42 Å². The molecule has 3 rings (SSSR count).